The zero-order valence-electron chi connectivity index (χ0n) is 9.98. The molecule has 0 spiro atoms. The molecular formula is C13H19NO. The van der Waals surface area contributed by atoms with Gasteiger partial charge in [0.1, 0.15) is 11.4 Å². The fourth-order valence-electron chi connectivity index (χ4n) is 2.05. The number of anilines is 1. The molecule has 0 bridgehead atoms. The van der Waals surface area contributed by atoms with E-state index in [-0.39, 0.29) is 5.60 Å². The highest BCUT2D eigenvalue weighted by atomic mass is 16.5. The number of hydrogen-bond donors (Lipinski definition) is 1. The van der Waals surface area contributed by atoms with Gasteiger partial charge in [-0.2, -0.15) is 0 Å². The highest BCUT2D eigenvalue weighted by molar-refractivity contribution is 5.62. The summed E-state index contributed by atoms with van der Waals surface area (Å²) in [5, 5.41) is 3.44. The van der Waals surface area contributed by atoms with Gasteiger partial charge in [0, 0.05) is 13.0 Å². The normalized spacial score (nSPS) is 18.4. The van der Waals surface area contributed by atoms with Crippen LogP contribution in [0.4, 0.5) is 5.69 Å². The van der Waals surface area contributed by atoms with Crippen molar-refractivity contribution in [3.8, 4) is 5.75 Å². The van der Waals surface area contributed by atoms with Crippen LogP contribution in [0.1, 0.15) is 31.4 Å². The Bertz CT molecular complexity index is 382. The van der Waals surface area contributed by atoms with Gasteiger partial charge in [-0.1, -0.05) is 6.07 Å². The summed E-state index contributed by atoms with van der Waals surface area (Å²) >= 11 is 0. The van der Waals surface area contributed by atoms with Crippen LogP contribution >= 0.6 is 0 Å². The van der Waals surface area contributed by atoms with Crippen LogP contribution in [0, 0.1) is 13.8 Å². The van der Waals surface area contributed by atoms with E-state index >= 15 is 0 Å². The first kappa shape index (κ1) is 10.3. The van der Waals surface area contributed by atoms with Gasteiger partial charge in [0.25, 0.3) is 0 Å². The van der Waals surface area contributed by atoms with Gasteiger partial charge in [-0.05, 0) is 44.9 Å². The standard InChI is InChI=1S/C13H19NO/c1-9-7-10(2)12-11(8-9)14-6-5-13(3,4)15-12/h7-8,14H,5-6H2,1-4H3. The minimum Gasteiger partial charge on any atom is -0.485 e. The summed E-state index contributed by atoms with van der Waals surface area (Å²) in [5.74, 6) is 1.02. The molecule has 15 heavy (non-hydrogen) atoms. The smallest absolute Gasteiger partial charge is 0.146 e. The van der Waals surface area contributed by atoms with Crippen molar-refractivity contribution < 1.29 is 4.74 Å². The first-order valence-corrected chi connectivity index (χ1v) is 5.52. The van der Waals surface area contributed by atoms with Crippen LogP contribution in [0.15, 0.2) is 12.1 Å². The number of rotatable bonds is 0. The first-order valence-electron chi connectivity index (χ1n) is 5.52. The third-order valence-corrected chi connectivity index (χ3v) is 2.84. The van der Waals surface area contributed by atoms with Gasteiger partial charge in [-0.25, -0.2) is 0 Å². The number of nitrogens with one attached hydrogen (secondary N) is 1. The minimum atomic E-state index is -0.0712. The van der Waals surface area contributed by atoms with Crippen LogP contribution in [0.5, 0.6) is 5.75 Å². The second-order valence-corrected chi connectivity index (χ2v) is 5.00. The molecule has 0 aliphatic carbocycles. The molecule has 1 N–H and O–H groups in total. The Hall–Kier alpha value is -1.18. The predicted molar refractivity (Wildman–Crippen MR) is 63.7 cm³/mol. The van der Waals surface area contributed by atoms with Crippen molar-refractivity contribution in [1.82, 2.24) is 0 Å². The van der Waals surface area contributed by atoms with Crippen LogP contribution < -0.4 is 10.1 Å². The second kappa shape index (κ2) is 3.44. The molecule has 0 atom stereocenters. The topological polar surface area (TPSA) is 21.3 Å². The molecule has 1 aromatic carbocycles. The lowest BCUT2D eigenvalue weighted by Crippen LogP contribution is -2.28. The van der Waals surface area contributed by atoms with Crippen molar-refractivity contribution in [2.24, 2.45) is 0 Å². The molecule has 0 saturated heterocycles. The number of aryl methyl sites for hydroxylation is 2. The molecule has 0 unspecified atom stereocenters. The number of benzene rings is 1. The lowest BCUT2D eigenvalue weighted by atomic mass is 10.1. The first-order chi connectivity index (χ1) is 6.98. The molecule has 0 radical (unpaired) electrons. The van der Waals surface area contributed by atoms with Gasteiger partial charge in [-0.3, -0.25) is 0 Å². The van der Waals surface area contributed by atoms with Crippen molar-refractivity contribution in [2.45, 2.75) is 39.7 Å². The lowest BCUT2D eigenvalue weighted by molar-refractivity contribution is 0.107. The van der Waals surface area contributed by atoms with Gasteiger partial charge < -0.3 is 10.1 Å². The molecule has 0 amide bonds. The molecule has 1 heterocycles. The van der Waals surface area contributed by atoms with E-state index in [9.17, 15) is 0 Å². The fourth-order valence-corrected chi connectivity index (χ4v) is 2.05. The quantitative estimate of drug-likeness (QED) is 0.701. The molecule has 0 aromatic heterocycles. The molecule has 82 valence electrons. The molecule has 0 saturated carbocycles. The van der Waals surface area contributed by atoms with E-state index in [0.29, 0.717) is 0 Å². The zero-order valence-corrected chi connectivity index (χ0v) is 9.98. The van der Waals surface area contributed by atoms with Crippen molar-refractivity contribution >= 4 is 5.69 Å². The Labute approximate surface area is 91.6 Å². The maximum atomic E-state index is 6.07. The highest BCUT2D eigenvalue weighted by Crippen LogP contribution is 2.36. The number of hydrogen-bond acceptors (Lipinski definition) is 2. The Morgan fingerprint density at radius 2 is 2.00 bits per heavy atom. The Morgan fingerprint density at radius 3 is 2.73 bits per heavy atom. The monoisotopic (exact) mass is 205 g/mol. The Morgan fingerprint density at radius 1 is 1.27 bits per heavy atom. The number of ether oxygens (including phenoxy) is 1. The maximum Gasteiger partial charge on any atom is 0.146 e. The van der Waals surface area contributed by atoms with E-state index in [2.05, 4.69) is 45.1 Å². The SMILES string of the molecule is Cc1cc(C)c2c(c1)NCCC(C)(C)O2. The van der Waals surface area contributed by atoms with Crippen LogP contribution in [-0.4, -0.2) is 12.1 Å². The number of fused-ring (bicyclic) bond motifs is 1. The average molecular weight is 205 g/mol. The Kier molecular flexibility index (Phi) is 2.37. The van der Waals surface area contributed by atoms with Crippen LogP contribution in [0.25, 0.3) is 0 Å². The Balaban J connectivity index is 2.47. The summed E-state index contributed by atoms with van der Waals surface area (Å²) in [4.78, 5) is 0. The summed E-state index contributed by atoms with van der Waals surface area (Å²) in [6, 6.07) is 4.33. The molecule has 2 heteroatoms. The second-order valence-electron chi connectivity index (χ2n) is 5.00. The maximum absolute atomic E-state index is 6.07. The lowest BCUT2D eigenvalue weighted by Gasteiger charge is -2.25. The molecule has 2 nitrogen and oxygen atoms in total. The molecule has 1 aromatic rings. The third-order valence-electron chi connectivity index (χ3n) is 2.84. The molecule has 0 fully saturated rings. The van der Waals surface area contributed by atoms with Gasteiger partial charge >= 0.3 is 0 Å². The predicted octanol–water partition coefficient (Wildman–Crippen LogP) is 3.28. The van der Waals surface area contributed by atoms with E-state index in [1.165, 1.54) is 11.1 Å². The van der Waals surface area contributed by atoms with E-state index in [1.54, 1.807) is 0 Å². The van der Waals surface area contributed by atoms with E-state index in [0.717, 1.165) is 24.4 Å². The van der Waals surface area contributed by atoms with Gasteiger partial charge in [0.15, 0.2) is 0 Å². The van der Waals surface area contributed by atoms with Crippen molar-refractivity contribution in [2.75, 3.05) is 11.9 Å². The molecule has 1 aliphatic rings. The van der Waals surface area contributed by atoms with Crippen molar-refractivity contribution in [3.63, 3.8) is 0 Å². The van der Waals surface area contributed by atoms with Crippen LogP contribution in [-0.2, 0) is 0 Å². The van der Waals surface area contributed by atoms with Gasteiger partial charge in [0.2, 0.25) is 0 Å². The summed E-state index contributed by atoms with van der Waals surface area (Å²) in [7, 11) is 0. The van der Waals surface area contributed by atoms with E-state index < -0.39 is 0 Å². The third kappa shape index (κ3) is 2.09. The fraction of sp³-hybridized carbons (Fsp3) is 0.538. The average Bonchev–Trinajstić information content (AvgIpc) is 2.23. The van der Waals surface area contributed by atoms with Gasteiger partial charge in [0.05, 0.1) is 5.69 Å². The van der Waals surface area contributed by atoms with Crippen LogP contribution in [0.2, 0.25) is 0 Å². The van der Waals surface area contributed by atoms with Crippen molar-refractivity contribution in [1.29, 1.82) is 0 Å². The molecule has 1 aliphatic heterocycles. The van der Waals surface area contributed by atoms with E-state index in [4.69, 9.17) is 4.74 Å². The van der Waals surface area contributed by atoms with Crippen LogP contribution in [0.3, 0.4) is 0 Å². The summed E-state index contributed by atoms with van der Waals surface area (Å²) in [6.45, 7) is 9.48. The minimum absolute atomic E-state index is 0.0712. The van der Waals surface area contributed by atoms with E-state index in [1.807, 2.05) is 0 Å². The largest absolute Gasteiger partial charge is 0.485 e. The summed E-state index contributed by atoms with van der Waals surface area (Å²) in [5.41, 5.74) is 3.56. The molecule has 2 rings (SSSR count). The summed E-state index contributed by atoms with van der Waals surface area (Å²) < 4.78 is 6.07. The zero-order chi connectivity index (χ0) is 11.1. The van der Waals surface area contributed by atoms with Crippen molar-refractivity contribution in [3.05, 3.63) is 23.3 Å². The highest BCUT2D eigenvalue weighted by Gasteiger charge is 2.25. The summed E-state index contributed by atoms with van der Waals surface area (Å²) in [6.07, 6.45) is 1.03. The molecular weight excluding hydrogens is 186 g/mol. The van der Waals surface area contributed by atoms with Gasteiger partial charge in [-0.15, -0.1) is 0 Å².